The van der Waals surface area contributed by atoms with Crippen molar-refractivity contribution in [3.8, 4) is 0 Å². The standard InChI is InChI=1S/C36H42F2N4O4/c1-34(2,3)46-31(43)27-12-9-11-26(23-27)24-40-25-42(28-13-5-4-6-14-28)35(32(40)44)17-21-39(22-18-35)19-10-20-41-30-16-8-7-15-29(30)36(37,38)33(41)45/h4-9,11-16,23,33,45H,10,17-22,24-25H2,1-3H3. The van der Waals surface area contributed by atoms with Gasteiger partial charge in [-0.2, -0.15) is 8.78 Å². The third kappa shape index (κ3) is 6.08. The van der Waals surface area contributed by atoms with E-state index < -0.39 is 29.3 Å². The zero-order valence-electron chi connectivity index (χ0n) is 26.7. The largest absolute Gasteiger partial charge is 0.456 e. The van der Waals surface area contributed by atoms with Crippen LogP contribution in [0.5, 0.6) is 0 Å². The summed E-state index contributed by atoms with van der Waals surface area (Å²) in [6.07, 6.45) is -0.0173. The van der Waals surface area contributed by atoms with Gasteiger partial charge in [-0.15, -0.1) is 0 Å². The second-order valence-electron chi connectivity index (χ2n) is 13.5. The summed E-state index contributed by atoms with van der Waals surface area (Å²) >= 11 is 0. The molecule has 3 aliphatic rings. The molecule has 0 bridgehead atoms. The van der Waals surface area contributed by atoms with Crippen molar-refractivity contribution in [1.82, 2.24) is 9.80 Å². The molecule has 3 aliphatic heterocycles. The zero-order chi connectivity index (χ0) is 32.7. The van der Waals surface area contributed by atoms with Crippen LogP contribution in [0.1, 0.15) is 61.5 Å². The van der Waals surface area contributed by atoms with Crippen LogP contribution in [0.2, 0.25) is 0 Å². The van der Waals surface area contributed by atoms with Crippen LogP contribution >= 0.6 is 0 Å². The monoisotopic (exact) mass is 632 g/mol. The van der Waals surface area contributed by atoms with E-state index >= 15 is 0 Å². The number of piperidine rings is 1. The number of carbonyl (C=O) groups excluding carboxylic acids is 2. The maximum atomic E-state index is 14.7. The molecule has 8 nitrogen and oxygen atoms in total. The average molecular weight is 633 g/mol. The lowest BCUT2D eigenvalue weighted by Gasteiger charge is -2.43. The molecule has 3 aromatic carbocycles. The molecule has 2 saturated heterocycles. The molecule has 1 atom stereocenters. The highest BCUT2D eigenvalue weighted by molar-refractivity contribution is 5.94. The van der Waals surface area contributed by atoms with E-state index in [0.29, 0.717) is 69.9 Å². The van der Waals surface area contributed by atoms with Crippen molar-refractivity contribution < 1.29 is 28.2 Å². The fourth-order valence-electron chi connectivity index (χ4n) is 7.00. The van der Waals surface area contributed by atoms with Crippen molar-refractivity contribution >= 4 is 23.3 Å². The number of rotatable bonds is 8. The number of aliphatic hydroxyl groups is 1. The lowest BCUT2D eigenvalue weighted by Crippen LogP contribution is -2.56. The third-order valence-electron chi connectivity index (χ3n) is 9.27. The van der Waals surface area contributed by atoms with E-state index in [1.807, 2.05) is 68.1 Å². The average Bonchev–Trinajstić information content (AvgIpc) is 3.40. The van der Waals surface area contributed by atoms with Crippen LogP contribution in [-0.4, -0.2) is 77.0 Å². The van der Waals surface area contributed by atoms with E-state index in [2.05, 4.69) is 9.80 Å². The molecule has 6 rings (SSSR count). The van der Waals surface area contributed by atoms with Crippen LogP contribution < -0.4 is 9.80 Å². The van der Waals surface area contributed by atoms with Gasteiger partial charge < -0.3 is 29.4 Å². The normalized spacial score (nSPS) is 20.8. The number of esters is 1. The van der Waals surface area contributed by atoms with Gasteiger partial charge in [-0.3, -0.25) is 4.79 Å². The van der Waals surface area contributed by atoms with Gasteiger partial charge in [-0.1, -0.05) is 48.5 Å². The van der Waals surface area contributed by atoms with Crippen molar-refractivity contribution in [3.63, 3.8) is 0 Å². The first-order chi connectivity index (χ1) is 21.9. The minimum Gasteiger partial charge on any atom is -0.456 e. The molecule has 10 heteroatoms. The molecule has 1 N–H and O–H groups in total. The number of halogens is 2. The quantitative estimate of drug-likeness (QED) is 0.324. The molecule has 0 radical (unpaired) electrons. The Kier molecular flexibility index (Phi) is 8.54. The first-order valence-corrected chi connectivity index (χ1v) is 16.0. The van der Waals surface area contributed by atoms with Gasteiger partial charge in [0.1, 0.15) is 11.1 Å². The Hall–Kier alpha value is -4.02. The lowest BCUT2D eigenvalue weighted by molar-refractivity contribution is -0.134. The molecular formula is C36H42F2N4O4. The van der Waals surface area contributed by atoms with Gasteiger partial charge >= 0.3 is 11.9 Å². The summed E-state index contributed by atoms with van der Waals surface area (Å²) in [5.74, 6) is -3.63. The molecule has 3 heterocycles. The van der Waals surface area contributed by atoms with E-state index in [1.165, 1.54) is 11.0 Å². The van der Waals surface area contributed by atoms with Gasteiger partial charge in [0, 0.05) is 43.1 Å². The number of alkyl halides is 2. The van der Waals surface area contributed by atoms with Crippen LogP contribution in [0.4, 0.5) is 20.2 Å². The molecule has 3 aromatic rings. The molecule has 1 amide bonds. The number of aliphatic hydroxyl groups excluding tert-OH is 1. The van der Waals surface area contributed by atoms with E-state index in [9.17, 15) is 23.5 Å². The number of carbonyl (C=O) groups is 2. The summed E-state index contributed by atoms with van der Waals surface area (Å²) in [4.78, 5) is 34.7. The van der Waals surface area contributed by atoms with Crippen molar-refractivity contribution in [3.05, 3.63) is 95.6 Å². The topological polar surface area (TPSA) is 76.6 Å². The number of amides is 1. The van der Waals surface area contributed by atoms with Gasteiger partial charge in [0.25, 0.3) is 0 Å². The predicted molar refractivity (Wildman–Crippen MR) is 173 cm³/mol. The number of ether oxygens (including phenoxy) is 1. The Bertz CT molecular complexity index is 1570. The highest BCUT2D eigenvalue weighted by atomic mass is 19.3. The van der Waals surface area contributed by atoms with Gasteiger partial charge in [-0.25, -0.2) is 4.79 Å². The Labute approximate surface area is 269 Å². The first kappa shape index (κ1) is 31.9. The SMILES string of the molecule is CC(C)(C)OC(=O)c1cccc(CN2CN(c3ccccc3)C3(CCN(CCCN4c5ccccc5C(F)(F)C4O)CC3)C2=O)c1. The van der Waals surface area contributed by atoms with E-state index in [-0.39, 0.29) is 11.5 Å². The molecular weight excluding hydrogens is 590 g/mol. The summed E-state index contributed by atoms with van der Waals surface area (Å²) in [5, 5.41) is 10.4. The predicted octanol–water partition coefficient (Wildman–Crippen LogP) is 5.60. The smallest absolute Gasteiger partial charge is 0.338 e. The first-order valence-electron chi connectivity index (χ1n) is 16.0. The van der Waals surface area contributed by atoms with Gasteiger partial charge in [-0.05, 0) is 82.5 Å². The Morgan fingerprint density at radius 1 is 0.957 bits per heavy atom. The number of para-hydroxylation sites is 2. The number of fused-ring (bicyclic) bond motifs is 1. The second kappa shape index (κ2) is 12.3. The van der Waals surface area contributed by atoms with E-state index in [0.717, 1.165) is 11.3 Å². The Morgan fingerprint density at radius 3 is 2.37 bits per heavy atom. The molecule has 244 valence electrons. The van der Waals surface area contributed by atoms with Gasteiger partial charge in [0.2, 0.25) is 5.91 Å². The van der Waals surface area contributed by atoms with Gasteiger partial charge in [0.05, 0.1) is 12.2 Å². The molecule has 0 aromatic heterocycles. The van der Waals surface area contributed by atoms with Crippen molar-refractivity contribution in [2.24, 2.45) is 0 Å². The molecule has 46 heavy (non-hydrogen) atoms. The minimum absolute atomic E-state index is 0.0673. The summed E-state index contributed by atoms with van der Waals surface area (Å²) in [6, 6.07) is 23.5. The third-order valence-corrected chi connectivity index (χ3v) is 9.27. The molecule has 1 spiro atoms. The number of hydrogen-bond acceptors (Lipinski definition) is 7. The summed E-state index contributed by atoms with van der Waals surface area (Å²) in [7, 11) is 0. The summed E-state index contributed by atoms with van der Waals surface area (Å²) in [5.41, 5.74) is 1.23. The van der Waals surface area contributed by atoms with E-state index in [1.54, 1.807) is 30.3 Å². The Balaban J connectivity index is 1.12. The van der Waals surface area contributed by atoms with Crippen LogP contribution in [0.3, 0.4) is 0 Å². The number of anilines is 2. The van der Waals surface area contributed by atoms with Crippen LogP contribution in [-0.2, 0) is 22.0 Å². The highest BCUT2D eigenvalue weighted by Gasteiger charge is 2.54. The summed E-state index contributed by atoms with van der Waals surface area (Å²) < 4.78 is 34.9. The van der Waals surface area contributed by atoms with E-state index in [4.69, 9.17) is 4.74 Å². The van der Waals surface area contributed by atoms with Crippen LogP contribution in [0, 0.1) is 0 Å². The summed E-state index contributed by atoms with van der Waals surface area (Å²) in [6.45, 7) is 8.65. The molecule has 2 fully saturated rings. The lowest BCUT2D eigenvalue weighted by atomic mass is 9.85. The van der Waals surface area contributed by atoms with Crippen LogP contribution in [0.25, 0.3) is 0 Å². The number of benzene rings is 3. The zero-order valence-corrected chi connectivity index (χ0v) is 26.7. The molecule has 0 aliphatic carbocycles. The fourth-order valence-corrected chi connectivity index (χ4v) is 7.00. The minimum atomic E-state index is -3.30. The number of likely N-dealkylation sites (tertiary alicyclic amines) is 1. The van der Waals surface area contributed by atoms with Crippen molar-refractivity contribution in [1.29, 1.82) is 0 Å². The fraction of sp³-hybridized carbons (Fsp3) is 0.444. The number of hydrogen-bond donors (Lipinski definition) is 1. The number of nitrogens with zero attached hydrogens (tertiary/aromatic N) is 4. The highest BCUT2D eigenvalue weighted by Crippen LogP contribution is 2.46. The van der Waals surface area contributed by atoms with Crippen molar-refractivity contribution in [2.75, 3.05) is 42.6 Å². The van der Waals surface area contributed by atoms with Crippen LogP contribution in [0.15, 0.2) is 78.9 Å². The Morgan fingerprint density at radius 2 is 1.65 bits per heavy atom. The maximum Gasteiger partial charge on any atom is 0.338 e. The van der Waals surface area contributed by atoms with Crippen molar-refractivity contribution in [2.45, 2.75) is 69.9 Å². The maximum absolute atomic E-state index is 14.7. The molecule has 0 saturated carbocycles. The molecule has 1 unspecified atom stereocenters. The second-order valence-corrected chi connectivity index (χ2v) is 13.5. The van der Waals surface area contributed by atoms with Gasteiger partial charge in [0.15, 0.2) is 6.23 Å².